The predicted octanol–water partition coefficient (Wildman–Crippen LogP) is 4.66. The monoisotopic (exact) mass is 474 g/mol. The van der Waals surface area contributed by atoms with Gasteiger partial charge in [0.05, 0.1) is 6.42 Å². The molecule has 0 aromatic heterocycles. The minimum atomic E-state index is -1.02. The first-order valence-electron chi connectivity index (χ1n) is 12.0. The van der Waals surface area contributed by atoms with Gasteiger partial charge < -0.3 is 15.3 Å². The van der Waals surface area contributed by atoms with Crippen LogP contribution in [0.25, 0.3) is 10.8 Å². The molecule has 3 aromatic rings. The van der Waals surface area contributed by atoms with Gasteiger partial charge >= 0.3 is 5.97 Å². The molecule has 35 heavy (non-hydrogen) atoms. The summed E-state index contributed by atoms with van der Waals surface area (Å²) < 4.78 is 0. The molecule has 6 heteroatoms. The minimum Gasteiger partial charge on any atom is -0.481 e. The van der Waals surface area contributed by atoms with Gasteiger partial charge in [-0.05, 0) is 34.2 Å². The largest absolute Gasteiger partial charge is 0.481 e. The Balaban J connectivity index is 1.84. The van der Waals surface area contributed by atoms with Crippen LogP contribution in [-0.4, -0.2) is 40.9 Å². The number of likely N-dealkylation sites (N-methyl/N-ethyl adjacent to an activating group) is 1. The average molecular weight is 475 g/mol. The zero-order valence-electron chi connectivity index (χ0n) is 20.6. The molecular weight excluding hydrogens is 440 g/mol. The lowest BCUT2D eigenvalue weighted by molar-refractivity contribution is -0.142. The molecule has 0 fully saturated rings. The van der Waals surface area contributed by atoms with E-state index in [9.17, 15) is 19.5 Å². The van der Waals surface area contributed by atoms with Crippen molar-refractivity contribution in [2.75, 3.05) is 7.05 Å². The summed E-state index contributed by atoms with van der Waals surface area (Å²) in [5.41, 5.74) is 1.91. The molecule has 0 aliphatic heterocycles. The smallest absolute Gasteiger partial charge is 0.304 e. The summed E-state index contributed by atoms with van der Waals surface area (Å²) in [5.74, 6) is -2.17. The highest BCUT2D eigenvalue weighted by atomic mass is 16.4. The molecule has 2 atom stereocenters. The van der Waals surface area contributed by atoms with E-state index in [1.165, 1.54) is 0 Å². The topological polar surface area (TPSA) is 86.7 Å². The summed E-state index contributed by atoms with van der Waals surface area (Å²) in [6.07, 6.45) is 0.492. The molecule has 0 saturated heterocycles. The summed E-state index contributed by atoms with van der Waals surface area (Å²) in [5, 5.41) is 14.4. The van der Waals surface area contributed by atoms with E-state index in [1.807, 2.05) is 86.6 Å². The first-order chi connectivity index (χ1) is 16.7. The van der Waals surface area contributed by atoms with E-state index in [2.05, 4.69) is 5.32 Å². The van der Waals surface area contributed by atoms with Crippen LogP contribution in [-0.2, 0) is 27.3 Å². The Kier molecular flexibility index (Phi) is 9.01. The number of nitrogens with zero attached hydrogens (tertiary/aromatic N) is 1. The van der Waals surface area contributed by atoms with Crippen LogP contribution in [0, 0.1) is 11.8 Å². The fourth-order valence-electron chi connectivity index (χ4n) is 4.36. The second-order valence-electron chi connectivity index (χ2n) is 9.55. The highest BCUT2D eigenvalue weighted by Crippen LogP contribution is 2.19. The van der Waals surface area contributed by atoms with Crippen LogP contribution in [0.3, 0.4) is 0 Å². The molecule has 0 aliphatic carbocycles. The van der Waals surface area contributed by atoms with Crippen molar-refractivity contribution in [1.29, 1.82) is 0 Å². The lowest BCUT2D eigenvalue weighted by atomic mass is 9.92. The number of hydrogen-bond acceptors (Lipinski definition) is 3. The molecule has 0 radical (unpaired) electrons. The normalized spacial score (nSPS) is 12.8. The fraction of sp³-hybridized carbons (Fsp3) is 0.345. The van der Waals surface area contributed by atoms with Crippen molar-refractivity contribution in [2.45, 2.75) is 45.7 Å². The van der Waals surface area contributed by atoms with Crippen molar-refractivity contribution in [3.63, 3.8) is 0 Å². The van der Waals surface area contributed by atoms with Crippen LogP contribution in [0.4, 0.5) is 0 Å². The maximum atomic E-state index is 13.5. The molecule has 0 saturated carbocycles. The number of hydrogen-bond donors (Lipinski definition) is 2. The predicted molar refractivity (Wildman–Crippen MR) is 138 cm³/mol. The lowest BCUT2D eigenvalue weighted by Gasteiger charge is -2.27. The molecule has 0 heterocycles. The highest BCUT2D eigenvalue weighted by Gasteiger charge is 2.29. The third kappa shape index (κ3) is 7.67. The van der Waals surface area contributed by atoms with Crippen molar-refractivity contribution in [3.05, 3.63) is 83.9 Å². The number of carboxylic acid groups (broad SMARTS) is 1. The average Bonchev–Trinajstić information content (AvgIpc) is 2.82. The van der Waals surface area contributed by atoms with E-state index >= 15 is 0 Å². The standard InChI is InChI=1S/C29H34N2O4/c1-20(2)15-25(18-27(32)33)28(34)30-26(29(35)31(3)19-21-9-5-4-6-10-21)17-22-13-14-23-11-7-8-12-24(23)16-22/h4-14,16,20,25-26H,15,17-19H2,1-3H3,(H,30,34)(H,32,33)/t25-,26-/m0/s1. The summed E-state index contributed by atoms with van der Waals surface area (Å²) in [7, 11) is 1.72. The van der Waals surface area contributed by atoms with Gasteiger partial charge in [-0.25, -0.2) is 0 Å². The second-order valence-corrected chi connectivity index (χ2v) is 9.55. The van der Waals surface area contributed by atoms with Crippen molar-refractivity contribution in [1.82, 2.24) is 10.2 Å². The Labute approximate surface area is 207 Å². The molecule has 0 aliphatic rings. The summed E-state index contributed by atoms with van der Waals surface area (Å²) in [6, 6.07) is 22.8. The highest BCUT2D eigenvalue weighted by molar-refractivity contribution is 5.90. The third-order valence-corrected chi connectivity index (χ3v) is 6.05. The molecule has 0 unspecified atom stereocenters. The third-order valence-electron chi connectivity index (χ3n) is 6.05. The molecule has 6 nitrogen and oxygen atoms in total. The minimum absolute atomic E-state index is 0.153. The van der Waals surface area contributed by atoms with Crippen molar-refractivity contribution >= 4 is 28.6 Å². The number of aliphatic carboxylic acids is 1. The van der Waals surface area contributed by atoms with Crippen LogP contribution < -0.4 is 5.32 Å². The van der Waals surface area contributed by atoms with Crippen LogP contribution in [0.5, 0.6) is 0 Å². The van der Waals surface area contributed by atoms with E-state index in [4.69, 9.17) is 0 Å². The summed E-state index contributed by atoms with van der Waals surface area (Å²) in [6.45, 7) is 4.31. The summed E-state index contributed by atoms with van der Waals surface area (Å²) in [4.78, 5) is 39.7. The van der Waals surface area contributed by atoms with Gasteiger partial charge in [-0.1, -0.05) is 86.6 Å². The maximum absolute atomic E-state index is 13.5. The van der Waals surface area contributed by atoms with Gasteiger partial charge in [0.2, 0.25) is 11.8 Å². The number of carboxylic acids is 1. The van der Waals surface area contributed by atoms with Gasteiger partial charge in [0.25, 0.3) is 0 Å². The van der Waals surface area contributed by atoms with Crippen molar-refractivity contribution in [2.24, 2.45) is 11.8 Å². The Bertz CT molecular complexity index is 1160. The van der Waals surface area contributed by atoms with Gasteiger partial charge in [-0.15, -0.1) is 0 Å². The van der Waals surface area contributed by atoms with Crippen molar-refractivity contribution < 1.29 is 19.5 Å². The van der Waals surface area contributed by atoms with Crippen LogP contribution in [0.1, 0.15) is 37.8 Å². The van der Waals surface area contributed by atoms with E-state index in [1.54, 1.807) is 11.9 Å². The molecule has 2 amide bonds. The lowest BCUT2D eigenvalue weighted by Crippen LogP contribution is -2.50. The molecule has 0 spiro atoms. The molecule has 3 rings (SSSR count). The van der Waals surface area contributed by atoms with E-state index < -0.39 is 23.8 Å². The van der Waals surface area contributed by atoms with Crippen LogP contribution in [0.2, 0.25) is 0 Å². The van der Waals surface area contributed by atoms with Gasteiger partial charge in [-0.2, -0.15) is 0 Å². The summed E-state index contributed by atoms with van der Waals surface area (Å²) >= 11 is 0. The number of rotatable bonds is 11. The fourth-order valence-corrected chi connectivity index (χ4v) is 4.36. The zero-order valence-corrected chi connectivity index (χ0v) is 20.6. The number of carbonyl (C=O) groups excluding carboxylic acids is 2. The van der Waals surface area contributed by atoms with E-state index in [0.29, 0.717) is 19.4 Å². The molecular formula is C29H34N2O4. The van der Waals surface area contributed by atoms with Crippen LogP contribution >= 0.6 is 0 Å². The molecule has 0 bridgehead atoms. The van der Waals surface area contributed by atoms with Gasteiger partial charge in [0.15, 0.2) is 0 Å². The number of benzene rings is 3. The Morgan fingerprint density at radius 3 is 2.20 bits per heavy atom. The number of nitrogens with one attached hydrogen (secondary N) is 1. The second kappa shape index (κ2) is 12.2. The Morgan fingerprint density at radius 1 is 0.886 bits per heavy atom. The number of amides is 2. The Morgan fingerprint density at radius 2 is 1.54 bits per heavy atom. The first-order valence-corrected chi connectivity index (χ1v) is 12.0. The number of fused-ring (bicyclic) bond motifs is 1. The van der Waals surface area contributed by atoms with E-state index in [-0.39, 0.29) is 18.2 Å². The van der Waals surface area contributed by atoms with Gasteiger partial charge in [0.1, 0.15) is 6.04 Å². The van der Waals surface area contributed by atoms with Gasteiger partial charge in [-0.3, -0.25) is 14.4 Å². The maximum Gasteiger partial charge on any atom is 0.304 e. The zero-order chi connectivity index (χ0) is 25.4. The SMILES string of the molecule is CC(C)C[C@@H](CC(=O)O)C(=O)N[C@@H](Cc1ccc2ccccc2c1)C(=O)N(C)Cc1ccccc1. The van der Waals surface area contributed by atoms with Crippen molar-refractivity contribution in [3.8, 4) is 0 Å². The Hall–Kier alpha value is -3.67. The quantitative estimate of drug-likeness (QED) is 0.423. The van der Waals surface area contributed by atoms with E-state index in [0.717, 1.165) is 21.9 Å². The first kappa shape index (κ1) is 25.9. The molecule has 3 aromatic carbocycles. The molecule has 2 N–H and O–H groups in total. The van der Waals surface area contributed by atoms with Gasteiger partial charge in [0, 0.05) is 25.9 Å². The molecule has 184 valence electrons. The number of carbonyl (C=O) groups is 3. The van der Waals surface area contributed by atoms with Crippen LogP contribution in [0.15, 0.2) is 72.8 Å².